The average molecular weight is 376 g/mol. The Labute approximate surface area is 167 Å². The van der Waals surface area contributed by atoms with Gasteiger partial charge in [0.1, 0.15) is 0 Å². The topological polar surface area (TPSA) is 38.3 Å². The standard InChI is InChI=1S/C24H41NO2/c1-5-21(6-2)12-10-17-25-18-11-15-23(22-13-8-7-9-14-22)24(26)27-19-16-20(3)4/h7-9,13-14,20-21,23,25H,5-6,10-12,15-19H2,1-4H3. The summed E-state index contributed by atoms with van der Waals surface area (Å²) in [4.78, 5) is 12.6. The maximum Gasteiger partial charge on any atom is 0.313 e. The van der Waals surface area contributed by atoms with Crippen LogP contribution < -0.4 is 5.32 Å². The summed E-state index contributed by atoms with van der Waals surface area (Å²) >= 11 is 0. The Balaban J connectivity index is 2.36. The number of carbonyl (C=O) groups excluding carboxylic acids is 1. The molecule has 154 valence electrons. The highest BCUT2D eigenvalue weighted by Crippen LogP contribution is 2.23. The zero-order valence-electron chi connectivity index (χ0n) is 18.0. The first-order chi connectivity index (χ1) is 13.1. The summed E-state index contributed by atoms with van der Waals surface area (Å²) in [5.41, 5.74) is 1.07. The third-order valence-electron chi connectivity index (χ3n) is 5.39. The van der Waals surface area contributed by atoms with Gasteiger partial charge in [0, 0.05) is 0 Å². The fourth-order valence-corrected chi connectivity index (χ4v) is 3.37. The van der Waals surface area contributed by atoms with E-state index in [0.717, 1.165) is 43.8 Å². The molecule has 1 aromatic carbocycles. The highest BCUT2D eigenvalue weighted by molar-refractivity contribution is 5.78. The van der Waals surface area contributed by atoms with Crippen LogP contribution in [0, 0.1) is 11.8 Å². The summed E-state index contributed by atoms with van der Waals surface area (Å²) in [7, 11) is 0. The van der Waals surface area contributed by atoms with Gasteiger partial charge in [-0.25, -0.2) is 0 Å². The molecule has 0 heterocycles. The number of hydrogen-bond acceptors (Lipinski definition) is 3. The molecule has 0 amide bonds. The highest BCUT2D eigenvalue weighted by Gasteiger charge is 2.21. The second kappa shape index (κ2) is 14.7. The second-order valence-corrected chi connectivity index (χ2v) is 8.03. The van der Waals surface area contributed by atoms with Gasteiger partial charge in [-0.05, 0) is 62.6 Å². The first kappa shape index (κ1) is 23.7. The molecule has 1 unspecified atom stereocenters. The third-order valence-corrected chi connectivity index (χ3v) is 5.39. The molecular weight excluding hydrogens is 334 g/mol. The van der Waals surface area contributed by atoms with E-state index in [0.29, 0.717) is 12.5 Å². The molecule has 0 saturated carbocycles. The first-order valence-electron chi connectivity index (χ1n) is 11.0. The molecular formula is C24H41NO2. The Morgan fingerprint density at radius 3 is 2.19 bits per heavy atom. The summed E-state index contributed by atoms with van der Waals surface area (Å²) in [6.45, 7) is 11.4. The van der Waals surface area contributed by atoms with Gasteiger partial charge in [0.25, 0.3) is 0 Å². The molecule has 3 heteroatoms. The van der Waals surface area contributed by atoms with E-state index >= 15 is 0 Å². The Hall–Kier alpha value is -1.35. The molecule has 0 radical (unpaired) electrons. The molecule has 0 aliphatic heterocycles. The van der Waals surface area contributed by atoms with Crippen LogP contribution in [-0.2, 0) is 9.53 Å². The first-order valence-corrected chi connectivity index (χ1v) is 11.0. The van der Waals surface area contributed by atoms with Crippen molar-refractivity contribution in [2.24, 2.45) is 11.8 Å². The summed E-state index contributed by atoms with van der Waals surface area (Å²) < 4.78 is 5.56. The summed E-state index contributed by atoms with van der Waals surface area (Å²) in [5.74, 6) is 1.20. The van der Waals surface area contributed by atoms with Gasteiger partial charge in [-0.1, -0.05) is 70.9 Å². The monoisotopic (exact) mass is 375 g/mol. The van der Waals surface area contributed by atoms with Crippen LogP contribution in [0.3, 0.4) is 0 Å². The van der Waals surface area contributed by atoms with Crippen LogP contribution in [0.5, 0.6) is 0 Å². The number of nitrogens with one attached hydrogen (secondary N) is 1. The number of ether oxygens (including phenoxy) is 1. The minimum Gasteiger partial charge on any atom is -0.465 e. The second-order valence-electron chi connectivity index (χ2n) is 8.03. The average Bonchev–Trinajstić information content (AvgIpc) is 2.67. The maximum absolute atomic E-state index is 12.6. The number of benzene rings is 1. The van der Waals surface area contributed by atoms with Gasteiger partial charge >= 0.3 is 5.97 Å². The highest BCUT2D eigenvalue weighted by atomic mass is 16.5. The summed E-state index contributed by atoms with van der Waals surface area (Å²) in [6.07, 6.45) is 7.88. The molecule has 0 spiro atoms. The predicted molar refractivity (Wildman–Crippen MR) is 115 cm³/mol. The van der Waals surface area contributed by atoms with E-state index in [-0.39, 0.29) is 11.9 Å². The van der Waals surface area contributed by atoms with Gasteiger partial charge in [0.15, 0.2) is 0 Å². The van der Waals surface area contributed by atoms with Crippen molar-refractivity contribution in [2.45, 2.75) is 78.6 Å². The molecule has 0 saturated heterocycles. The molecule has 1 aromatic rings. The number of hydrogen-bond donors (Lipinski definition) is 1. The molecule has 0 bridgehead atoms. The lowest BCUT2D eigenvalue weighted by Gasteiger charge is -2.17. The Morgan fingerprint density at radius 2 is 1.59 bits per heavy atom. The molecule has 0 aromatic heterocycles. The molecule has 3 nitrogen and oxygen atoms in total. The molecule has 0 aliphatic rings. The van der Waals surface area contributed by atoms with Crippen molar-refractivity contribution in [1.29, 1.82) is 0 Å². The van der Waals surface area contributed by atoms with Crippen LogP contribution in [-0.4, -0.2) is 25.7 Å². The Morgan fingerprint density at radius 1 is 0.963 bits per heavy atom. The van der Waals surface area contributed by atoms with Crippen molar-refractivity contribution in [3.63, 3.8) is 0 Å². The van der Waals surface area contributed by atoms with Crippen molar-refractivity contribution in [2.75, 3.05) is 19.7 Å². The third kappa shape index (κ3) is 10.5. The van der Waals surface area contributed by atoms with E-state index in [1.165, 1.54) is 25.7 Å². The van der Waals surface area contributed by atoms with Crippen LogP contribution in [0.1, 0.15) is 84.1 Å². The van der Waals surface area contributed by atoms with Gasteiger partial charge in [-0.2, -0.15) is 0 Å². The predicted octanol–water partition coefficient (Wildman–Crippen LogP) is 5.95. The van der Waals surface area contributed by atoms with E-state index < -0.39 is 0 Å². The van der Waals surface area contributed by atoms with Crippen LogP contribution >= 0.6 is 0 Å². The van der Waals surface area contributed by atoms with E-state index in [4.69, 9.17) is 4.74 Å². The van der Waals surface area contributed by atoms with Gasteiger partial charge in [-0.3, -0.25) is 4.79 Å². The molecule has 1 rings (SSSR count). The van der Waals surface area contributed by atoms with Gasteiger partial charge in [-0.15, -0.1) is 0 Å². The van der Waals surface area contributed by atoms with Crippen LogP contribution in [0.15, 0.2) is 30.3 Å². The van der Waals surface area contributed by atoms with Crippen molar-refractivity contribution >= 4 is 5.97 Å². The lowest BCUT2D eigenvalue weighted by Crippen LogP contribution is -2.21. The zero-order valence-corrected chi connectivity index (χ0v) is 18.0. The van der Waals surface area contributed by atoms with Crippen molar-refractivity contribution in [3.05, 3.63) is 35.9 Å². The number of rotatable bonds is 15. The molecule has 1 atom stereocenters. The Bertz CT molecular complexity index is 482. The molecule has 27 heavy (non-hydrogen) atoms. The summed E-state index contributed by atoms with van der Waals surface area (Å²) in [6, 6.07) is 10.1. The SMILES string of the molecule is CCC(CC)CCCNCCCC(C(=O)OCCC(C)C)c1ccccc1. The van der Waals surface area contributed by atoms with Crippen molar-refractivity contribution in [3.8, 4) is 0 Å². The van der Waals surface area contributed by atoms with E-state index in [2.05, 4.69) is 33.0 Å². The maximum atomic E-state index is 12.6. The number of esters is 1. The lowest BCUT2D eigenvalue weighted by atomic mass is 9.94. The molecule has 1 N–H and O–H groups in total. The smallest absolute Gasteiger partial charge is 0.313 e. The normalized spacial score (nSPS) is 12.5. The van der Waals surface area contributed by atoms with E-state index in [1.54, 1.807) is 0 Å². The fraction of sp³-hybridized carbons (Fsp3) is 0.708. The minimum absolute atomic E-state index is 0.0735. The van der Waals surface area contributed by atoms with E-state index in [9.17, 15) is 4.79 Å². The minimum atomic E-state index is -0.148. The van der Waals surface area contributed by atoms with Crippen molar-refractivity contribution < 1.29 is 9.53 Å². The van der Waals surface area contributed by atoms with Gasteiger partial charge in [0.2, 0.25) is 0 Å². The van der Waals surface area contributed by atoms with Crippen LogP contribution in [0.4, 0.5) is 0 Å². The van der Waals surface area contributed by atoms with Crippen molar-refractivity contribution in [1.82, 2.24) is 5.32 Å². The summed E-state index contributed by atoms with van der Waals surface area (Å²) in [5, 5.41) is 3.54. The van der Waals surface area contributed by atoms with Gasteiger partial charge in [0.05, 0.1) is 12.5 Å². The number of carbonyl (C=O) groups is 1. The fourth-order valence-electron chi connectivity index (χ4n) is 3.37. The molecule has 0 aliphatic carbocycles. The van der Waals surface area contributed by atoms with Gasteiger partial charge < -0.3 is 10.1 Å². The van der Waals surface area contributed by atoms with E-state index in [1.807, 2.05) is 30.3 Å². The zero-order chi connectivity index (χ0) is 19.9. The Kier molecular flexibility index (Phi) is 12.9. The lowest BCUT2D eigenvalue weighted by molar-refractivity contribution is -0.146. The van der Waals surface area contributed by atoms with Crippen LogP contribution in [0.2, 0.25) is 0 Å². The quantitative estimate of drug-likeness (QED) is 0.304. The van der Waals surface area contributed by atoms with Crippen LogP contribution in [0.25, 0.3) is 0 Å². The largest absolute Gasteiger partial charge is 0.465 e. The molecule has 0 fully saturated rings.